The topological polar surface area (TPSA) is 24.4 Å². The van der Waals surface area contributed by atoms with E-state index in [-0.39, 0.29) is 5.54 Å². The summed E-state index contributed by atoms with van der Waals surface area (Å²) in [5.74, 6) is 1.14. The van der Waals surface area contributed by atoms with Gasteiger partial charge in [0.1, 0.15) is 0 Å². The molecule has 3 heteroatoms. The number of rotatable bonds is 3. The number of nitrogens with one attached hydrogen (secondary N) is 1. The largest absolute Gasteiger partial charge is 0.360 e. The third-order valence-corrected chi connectivity index (χ3v) is 2.80. The van der Waals surface area contributed by atoms with Crippen molar-refractivity contribution in [2.75, 3.05) is 12.3 Å². The van der Waals surface area contributed by atoms with Gasteiger partial charge in [-0.1, -0.05) is 25.1 Å². The molecule has 0 saturated carbocycles. The Morgan fingerprint density at radius 3 is 2.83 bits per heavy atom. The fourth-order valence-corrected chi connectivity index (χ4v) is 2.29. The highest BCUT2D eigenvalue weighted by Crippen LogP contribution is 2.16. The molecule has 0 fully saturated rings. The summed E-state index contributed by atoms with van der Waals surface area (Å²) in [5.41, 5.74) is 0.213. The zero-order chi connectivity index (χ0) is 9.03. The van der Waals surface area contributed by atoms with E-state index in [0.29, 0.717) is 0 Å². The van der Waals surface area contributed by atoms with Crippen LogP contribution in [0.3, 0.4) is 0 Å². The van der Waals surface area contributed by atoms with Gasteiger partial charge in [0.15, 0.2) is 5.17 Å². The van der Waals surface area contributed by atoms with Gasteiger partial charge < -0.3 is 5.32 Å². The van der Waals surface area contributed by atoms with Gasteiger partial charge in [-0.3, -0.25) is 4.99 Å². The van der Waals surface area contributed by atoms with Crippen LogP contribution in [0.2, 0.25) is 0 Å². The van der Waals surface area contributed by atoms with Gasteiger partial charge in [0.05, 0.1) is 6.54 Å². The lowest BCUT2D eigenvalue weighted by Gasteiger charge is -2.26. The van der Waals surface area contributed by atoms with Crippen molar-refractivity contribution in [3.63, 3.8) is 0 Å². The van der Waals surface area contributed by atoms with Gasteiger partial charge in [0.2, 0.25) is 0 Å². The fraction of sp³-hybridized carbons (Fsp3) is 0.889. The molecule has 12 heavy (non-hydrogen) atoms. The number of hydrogen-bond acceptors (Lipinski definition) is 3. The zero-order valence-corrected chi connectivity index (χ0v) is 9.00. The second kappa shape index (κ2) is 4.17. The molecular formula is C9H18N2S. The van der Waals surface area contributed by atoms with E-state index in [4.69, 9.17) is 0 Å². The summed E-state index contributed by atoms with van der Waals surface area (Å²) < 4.78 is 0. The van der Waals surface area contributed by atoms with Gasteiger partial charge in [-0.25, -0.2) is 0 Å². The van der Waals surface area contributed by atoms with Crippen LogP contribution in [0, 0.1) is 0 Å². The Kier molecular flexibility index (Phi) is 3.44. The molecule has 0 unspecified atom stereocenters. The first-order valence-corrected chi connectivity index (χ1v) is 5.58. The average molecular weight is 186 g/mol. The summed E-state index contributed by atoms with van der Waals surface area (Å²) in [7, 11) is 0. The van der Waals surface area contributed by atoms with Crippen LogP contribution in [0.1, 0.15) is 33.6 Å². The monoisotopic (exact) mass is 186 g/mol. The maximum Gasteiger partial charge on any atom is 0.157 e. The van der Waals surface area contributed by atoms with Gasteiger partial charge in [-0.05, 0) is 20.3 Å². The first kappa shape index (κ1) is 9.90. The van der Waals surface area contributed by atoms with Gasteiger partial charge in [-0.15, -0.1) is 0 Å². The van der Waals surface area contributed by atoms with E-state index in [1.54, 1.807) is 0 Å². The highest BCUT2D eigenvalue weighted by molar-refractivity contribution is 8.14. The normalized spacial score (nSPS) is 17.8. The van der Waals surface area contributed by atoms with E-state index in [0.717, 1.165) is 17.5 Å². The van der Waals surface area contributed by atoms with Crippen molar-refractivity contribution in [1.82, 2.24) is 5.32 Å². The second-order valence-electron chi connectivity index (χ2n) is 3.79. The Morgan fingerprint density at radius 1 is 1.58 bits per heavy atom. The third kappa shape index (κ3) is 3.05. The van der Waals surface area contributed by atoms with Crippen LogP contribution in [0.4, 0.5) is 0 Å². The Labute approximate surface area is 79.2 Å². The van der Waals surface area contributed by atoms with Crippen LogP contribution < -0.4 is 5.32 Å². The van der Waals surface area contributed by atoms with E-state index >= 15 is 0 Å². The molecule has 0 bridgehead atoms. The minimum Gasteiger partial charge on any atom is -0.360 e. The lowest BCUT2D eigenvalue weighted by molar-refractivity contribution is 0.423. The lowest BCUT2D eigenvalue weighted by atomic mass is 10.00. The van der Waals surface area contributed by atoms with Crippen molar-refractivity contribution in [3.8, 4) is 0 Å². The van der Waals surface area contributed by atoms with Gasteiger partial charge in [0, 0.05) is 11.3 Å². The molecule has 0 amide bonds. The van der Waals surface area contributed by atoms with Crippen LogP contribution in [0.5, 0.6) is 0 Å². The molecule has 1 aliphatic rings. The maximum absolute atomic E-state index is 4.37. The molecular weight excluding hydrogens is 168 g/mol. The Balaban J connectivity index is 2.37. The van der Waals surface area contributed by atoms with E-state index in [9.17, 15) is 0 Å². The van der Waals surface area contributed by atoms with Crippen LogP contribution in [-0.2, 0) is 0 Å². The van der Waals surface area contributed by atoms with Gasteiger partial charge in [0.25, 0.3) is 0 Å². The van der Waals surface area contributed by atoms with Crippen molar-refractivity contribution in [2.24, 2.45) is 4.99 Å². The molecule has 70 valence electrons. The van der Waals surface area contributed by atoms with E-state index in [2.05, 4.69) is 31.1 Å². The zero-order valence-electron chi connectivity index (χ0n) is 8.18. The molecule has 1 rings (SSSR count). The molecule has 0 radical (unpaired) electrons. The standard InChI is InChI=1S/C9H18N2S/c1-4-5-9(2,3)11-8-10-6-7-12-8/h4-7H2,1-3H3,(H,10,11). The molecule has 0 aromatic heterocycles. The molecule has 0 saturated heterocycles. The van der Waals surface area contributed by atoms with Crippen molar-refractivity contribution in [3.05, 3.63) is 0 Å². The predicted octanol–water partition coefficient (Wildman–Crippen LogP) is 2.26. The van der Waals surface area contributed by atoms with E-state index in [1.165, 1.54) is 12.8 Å². The number of nitrogens with zero attached hydrogens (tertiary/aromatic N) is 1. The second-order valence-corrected chi connectivity index (χ2v) is 4.88. The molecule has 0 spiro atoms. The molecule has 0 atom stereocenters. The summed E-state index contributed by atoms with van der Waals surface area (Å²) in [6.07, 6.45) is 2.42. The van der Waals surface area contributed by atoms with Crippen molar-refractivity contribution in [2.45, 2.75) is 39.2 Å². The molecule has 1 N–H and O–H groups in total. The SMILES string of the molecule is CCCC(C)(C)NC1=NCCS1. The fourth-order valence-electron chi connectivity index (χ4n) is 1.39. The molecule has 1 heterocycles. The first-order chi connectivity index (χ1) is 5.64. The summed E-state index contributed by atoms with van der Waals surface area (Å²) in [4.78, 5) is 4.37. The molecule has 1 aliphatic heterocycles. The Morgan fingerprint density at radius 2 is 2.33 bits per heavy atom. The van der Waals surface area contributed by atoms with Crippen LogP contribution in [-0.4, -0.2) is 23.0 Å². The molecule has 0 aromatic rings. The molecule has 2 nitrogen and oxygen atoms in total. The number of aliphatic imine (C=N–C) groups is 1. The van der Waals surface area contributed by atoms with Crippen LogP contribution in [0.25, 0.3) is 0 Å². The molecule has 0 aliphatic carbocycles. The predicted molar refractivity (Wildman–Crippen MR) is 56.9 cm³/mol. The minimum absolute atomic E-state index is 0.213. The maximum atomic E-state index is 4.37. The number of hydrogen-bond donors (Lipinski definition) is 1. The Hall–Kier alpha value is -0.180. The summed E-state index contributed by atoms with van der Waals surface area (Å²) in [5, 5.41) is 4.60. The van der Waals surface area contributed by atoms with Crippen molar-refractivity contribution >= 4 is 16.9 Å². The van der Waals surface area contributed by atoms with Crippen LogP contribution in [0.15, 0.2) is 4.99 Å². The highest BCUT2D eigenvalue weighted by Gasteiger charge is 2.19. The number of amidine groups is 1. The van der Waals surface area contributed by atoms with Gasteiger partial charge in [-0.2, -0.15) is 0 Å². The summed E-state index contributed by atoms with van der Waals surface area (Å²) in [6.45, 7) is 7.66. The summed E-state index contributed by atoms with van der Waals surface area (Å²) >= 11 is 1.83. The number of thioether (sulfide) groups is 1. The quantitative estimate of drug-likeness (QED) is 0.731. The first-order valence-electron chi connectivity index (χ1n) is 4.59. The lowest BCUT2D eigenvalue weighted by Crippen LogP contribution is -2.41. The third-order valence-electron chi connectivity index (χ3n) is 1.91. The van der Waals surface area contributed by atoms with Crippen molar-refractivity contribution < 1.29 is 0 Å². The van der Waals surface area contributed by atoms with Crippen LogP contribution >= 0.6 is 11.8 Å². The smallest absolute Gasteiger partial charge is 0.157 e. The van der Waals surface area contributed by atoms with Gasteiger partial charge >= 0.3 is 0 Å². The highest BCUT2D eigenvalue weighted by atomic mass is 32.2. The Bertz CT molecular complexity index is 175. The average Bonchev–Trinajstić information content (AvgIpc) is 2.38. The van der Waals surface area contributed by atoms with Crippen molar-refractivity contribution in [1.29, 1.82) is 0 Å². The minimum atomic E-state index is 0.213. The van der Waals surface area contributed by atoms with E-state index < -0.39 is 0 Å². The summed E-state index contributed by atoms with van der Waals surface area (Å²) in [6, 6.07) is 0. The molecule has 0 aromatic carbocycles. The van der Waals surface area contributed by atoms with E-state index in [1.807, 2.05) is 11.8 Å².